The number of amides is 1. The Hall–Kier alpha value is -1.53. The Kier molecular flexibility index (Phi) is 5.43. The number of benzene rings is 1. The summed E-state index contributed by atoms with van der Waals surface area (Å²) >= 11 is 4.98. The summed E-state index contributed by atoms with van der Waals surface area (Å²) in [5.74, 6) is 1.25. The zero-order valence-electron chi connectivity index (χ0n) is 10.9. The molecule has 0 fully saturated rings. The van der Waals surface area contributed by atoms with Crippen LogP contribution < -0.4 is 14.8 Å². The van der Waals surface area contributed by atoms with Crippen molar-refractivity contribution in [2.45, 2.75) is 6.54 Å². The highest BCUT2D eigenvalue weighted by molar-refractivity contribution is 9.11. The Bertz CT molecular complexity index is 568. The minimum atomic E-state index is -0.148. The average molecular weight is 356 g/mol. The van der Waals surface area contributed by atoms with E-state index in [0.717, 1.165) is 14.4 Å². The molecule has 1 aromatic carbocycles. The molecule has 1 heterocycles. The van der Waals surface area contributed by atoms with Crippen molar-refractivity contribution in [2.75, 3.05) is 13.7 Å². The molecule has 0 radical (unpaired) electrons. The maximum absolute atomic E-state index is 11.7. The zero-order chi connectivity index (χ0) is 14.4. The smallest absolute Gasteiger partial charge is 0.258 e. The molecular formula is C14H14BrNO3S. The van der Waals surface area contributed by atoms with E-state index >= 15 is 0 Å². The van der Waals surface area contributed by atoms with Crippen LogP contribution in [0.2, 0.25) is 0 Å². The predicted molar refractivity (Wildman–Crippen MR) is 82.4 cm³/mol. The first-order chi connectivity index (χ1) is 9.67. The SMILES string of the molecule is COc1ccc(OCC(=O)NCc2ccc(Br)s2)cc1. The van der Waals surface area contributed by atoms with Crippen LogP contribution in [0.3, 0.4) is 0 Å². The van der Waals surface area contributed by atoms with Crippen molar-refractivity contribution in [1.29, 1.82) is 0 Å². The van der Waals surface area contributed by atoms with Gasteiger partial charge in [-0.15, -0.1) is 11.3 Å². The molecule has 2 rings (SSSR count). The van der Waals surface area contributed by atoms with Crippen molar-refractivity contribution in [3.63, 3.8) is 0 Å². The molecular weight excluding hydrogens is 342 g/mol. The van der Waals surface area contributed by atoms with Crippen molar-refractivity contribution in [3.05, 3.63) is 45.1 Å². The second-order valence-electron chi connectivity index (χ2n) is 3.95. The van der Waals surface area contributed by atoms with Crippen LogP contribution in [0.25, 0.3) is 0 Å². The number of carbonyl (C=O) groups is 1. The van der Waals surface area contributed by atoms with E-state index in [4.69, 9.17) is 9.47 Å². The molecule has 1 amide bonds. The van der Waals surface area contributed by atoms with Crippen LogP contribution in [0.5, 0.6) is 11.5 Å². The summed E-state index contributed by atoms with van der Waals surface area (Å²) in [6.45, 7) is 0.514. The molecule has 0 aliphatic heterocycles. The predicted octanol–water partition coefficient (Wildman–Crippen LogP) is 3.21. The highest BCUT2D eigenvalue weighted by atomic mass is 79.9. The van der Waals surface area contributed by atoms with Gasteiger partial charge >= 0.3 is 0 Å². The Morgan fingerprint density at radius 2 is 1.90 bits per heavy atom. The minimum absolute atomic E-state index is 0.00112. The van der Waals surface area contributed by atoms with Gasteiger partial charge in [0, 0.05) is 4.88 Å². The van der Waals surface area contributed by atoms with Crippen LogP contribution in [0, 0.1) is 0 Å². The number of halogens is 1. The third-order valence-corrected chi connectivity index (χ3v) is 4.14. The lowest BCUT2D eigenvalue weighted by Gasteiger charge is -2.07. The lowest BCUT2D eigenvalue weighted by atomic mass is 10.3. The van der Waals surface area contributed by atoms with Crippen LogP contribution in [-0.2, 0) is 11.3 Å². The molecule has 2 aromatic rings. The van der Waals surface area contributed by atoms with Gasteiger partial charge in [0.05, 0.1) is 17.4 Å². The number of hydrogen-bond donors (Lipinski definition) is 1. The molecule has 0 atom stereocenters. The largest absolute Gasteiger partial charge is 0.497 e. The van der Waals surface area contributed by atoms with Gasteiger partial charge in [0.25, 0.3) is 5.91 Å². The van der Waals surface area contributed by atoms with Gasteiger partial charge in [0.2, 0.25) is 0 Å². The number of methoxy groups -OCH3 is 1. The third kappa shape index (κ3) is 4.54. The first-order valence-electron chi connectivity index (χ1n) is 5.95. The van der Waals surface area contributed by atoms with Crippen LogP contribution in [0.4, 0.5) is 0 Å². The Morgan fingerprint density at radius 1 is 1.20 bits per heavy atom. The lowest BCUT2D eigenvalue weighted by Crippen LogP contribution is -2.28. The maximum Gasteiger partial charge on any atom is 0.258 e. The number of thiophene rings is 1. The summed E-state index contributed by atoms with van der Waals surface area (Å²) < 4.78 is 11.5. The fraction of sp³-hybridized carbons (Fsp3) is 0.214. The average Bonchev–Trinajstić information content (AvgIpc) is 2.89. The molecule has 20 heavy (non-hydrogen) atoms. The third-order valence-electron chi connectivity index (χ3n) is 2.52. The Balaban J connectivity index is 1.74. The molecule has 0 saturated heterocycles. The fourth-order valence-electron chi connectivity index (χ4n) is 1.50. The molecule has 0 spiro atoms. The first-order valence-corrected chi connectivity index (χ1v) is 7.56. The van der Waals surface area contributed by atoms with E-state index in [1.54, 1.807) is 42.7 Å². The topological polar surface area (TPSA) is 47.6 Å². The number of rotatable bonds is 6. The second-order valence-corrected chi connectivity index (χ2v) is 6.49. The highest BCUT2D eigenvalue weighted by Gasteiger charge is 2.04. The van der Waals surface area contributed by atoms with Gasteiger partial charge in [0.1, 0.15) is 11.5 Å². The van der Waals surface area contributed by atoms with Gasteiger partial charge in [-0.25, -0.2) is 0 Å². The molecule has 0 saturated carbocycles. The minimum Gasteiger partial charge on any atom is -0.497 e. The molecule has 4 nitrogen and oxygen atoms in total. The van der Waals surface area contributed by atoms with E-state index < -0.39 is 0 Å². The molecule has 0 unspecified atom stereocenters. The maximum atomic E-state index is 11.7. The quantitative estimate of drug-likeness (QED) is 0.865. The number of carbonyl (C=O) groups excluding carboxylic acids is 1. The van der Waals surface area contributed by atoms with Gasteiger partial charge in [-0.1, -0.05) is 0 Å². The molecule has 0 aliphatic rings. The monoisotopic (exact) mass is 355 g/mol. The summed E-state index contributed by atoms with van der Waals surface area (Å²) in [4.78, 5) is 12.7. The van der Waals surface area contributed by atoms with E-state index in [9.17, 15) is 4.79 Å². The first kappa shape index (κ1) is 14.9. The van der Waals surface area contributed by atoms with Crippen LogP contribution >= 0.6 is 27.3 Å². The van der Waals surface area contributed by atoms with E-state index in [1.165, 1.54) is 0 Å². The summed E-state index contributed by atoms with van der Waals surface area (Å²) in [5, 5.41) is 2.81. The molecule has 1 aromatic heterocycles. The van der Waals surface area contributed by atoms with Gasteiger partial charge < -0.3 is 14.8 Å². The van der Waals surface area contributed by atoms with Crippen molar-refractivity contribution in [2.24, 2.45) is 0 Å². The lowest BCUT2D eigenvalue weighted by molar-refractivity contribution is -0.123. The van der Waals surface area contributed by atoms with Crippen molar-refractivity contribution >= 4 is 33.2 Å². The fourth-order valence-corrected chi connectivity index (χ4v) is 2.93. The summed E-state index contributed by atoms with van der Waals surface area (Å²) in [7, 11) is 1.60. The highest BCUT2D eigenvalue weighted by Crippen LogP contribution is 2.21. The van der Waals surface area contributed by atoms with Crippen molar-refractivity contribution < 1.29 is 14.3 Å². The molecule has 0 aliphatic carbocycles. The number of ether oxygens (including phenoxy) is 2. The summed E-state index contributed by atoms with van der Waals surface area (Å²) in [6, 6.07) is 11.0. The standard InChI is InChI=1S/C14H14BrNO3S/c1-18-10-2-4-11(5-3-10)19-9-14(17)16-8-12-6-7-13(15)20-12/h2-7H,8-9H2,1H3,(H,16,17). The van der Waals surface area contributed by atoms with Gasteiger partial charge in [0.15, 0.2) is 6.61 Å². The van der Waals surface area contributed by atoms with Crippen LogP contribution in [-0.4, -0.2) is 19.6 Å². The second kappa shape index (κ2) is 7.31. The normalized spacial score (nSPS) is 10.1. The van der Waals surface area contributed by atoms with E-state index in [2.05, 4.69) is 21.2 Å². The Morgan fingerprint density at radius 3 is 2.50 bits per heavy atom. The van der Waals surface area contributed by atoms with E-state index in [1.807, 2.05) is 12.1 Å². The van der Waals surface area contributed by atoms with Crippen LogP contribution in [0.1, 0.15) is 4.88 Å². The zero-order valence-corrected chi connectivity index (χ0v) is 13.3. The molecule has 1 N–H and O–H groups in total. The van der Waals surface area contributed by atoms with E-state index in [0.29, 0.717) is 12.3 Å². The van der Waals surface area contributed by atoms with Gasteiger partial charge in [-0.3, -0.25) is 4.79 Å². The van der Waals surface area contributed by atoms with Crippen LogP contribution in [0.15, 0.2) is 40.2 Å². The summed E-state index contributed by atoms with van der Waals surface area (Å²) in [5.41, 5.74) is 0. The summed E-state index contributed by atoms with van der Waals surface area (Å²) in [6.07, 6.45) is 0. The molecule has 6 heteroatoms. The van der Waals surface area contributed by atoms with Gasteiger partial charge in [-0.05, 0) is 52.3 Å². The van der Waals surface area contributed by atoms with Crippen molar-refractivity contribution in [3.8, 4) is 11.5 Å². The van der Waals surface area contributed by atoms with E-state index in [-0.39, 0.29) is 12.5 Å². The van der Waals surface area contributed by atoms with Gasteiger partial charge in [-0.2, -0.15) is 0 Å². The van der Waals surface area contributed by atoms with Crippen molar-refractivity contribution in [1.82, 2.24) is 5.32 Å². The number of nitrogens with one attached hydrogen (secondary N) is 1. The number of hydrogen-bond acceptors (Lipinski definition) is 4. The molecule has 0 bridgehead atoms. The Labute approximate surface area is 129 Å². The molecule has 106 valence electrons.